The van der Waals surface area contributed by atoms with Crippen LogP contribution < -0.4 is 15.4 Å². The van der Waals surface area contributed by atoms with Crippen molar-refractivity contribution >= 4 is 11.7 Å². The topological polar surface area (TPSA) is 87.7 Å². The average Bonchev–Trinajstić information content (AvgIpc) is 3.18. The molecular formula is C30H36N2O4. The summed E-state index contributed by atoms with van der Waals surface area (Å²) in [5.74, 6) is 1.50. The third-order valence-electron chi connectivity index (χ3n) is 10.4. The normalized spacial score (nSPS) is 36.1. The van der Waals surface area contributed by atoms with Gasteiger partial charge in [-0.25, -0.2) is 0 Å². The second-order valence-corrected chi connectivity index (χ2v) is 12.2. The third-order valence-corrected chi connectivity index (χ3v) is 10.4. The van der Waals surface area contributed by atoms with Crippen molar-refractivity contribution in [2.45, 2.75) is 71.1 Å². The molecule has 4 aliphatic rings. The zero-order chi connectivity index (χ0) is 25.6. The highest BCUT2D eigenvalue weighted by Crippen LogP contribution is 2.66. The van der Waals surface area contributed by atoms with E-state index in [9.17, 15) is 14.7 Å². The highest BCUT2D eigenvalue weighted by atomic mass is 16.5. The van der Waals surface area contributed by atoms with Crippen molar-refractivity contribution in [1.82, 2.24) is 10.6 Å². The number of hydrogen-bond acceptors (Lipinski definition) is 5. The lowest BCUT2D eigenvalue weighted by Gasteiger charge is -2.66. The van der Waals surface area contributed by atoms with E-state index in [-0.39, 0.29) is 34.8 Å². The number of aromatic hydroxyl groups is 1. The van der Waals surface area contributed by atoms with Crippen LogP contribution in [0, 0.1) is 22.7 Å². The number of amides is 1. The number of nitrogens with one attached hydrogen (secondary N) is 2. The van der Waals surface area contributed by atoms with Crippen LogP contribution in [0.5, 0.6) is 11.5 Å². The summed E-state index contributed by atoms with van der Waals surface area (Å²) in [6, 6.07) is 10.3. The number of carbonyl (C=O) groups excluding carboxylic acids is 2. The summed E-state index contributed by atoms with van der Waals surface area (Å²) in [5, 5.41) is 17.0. The van der Waals surface area contributed by atoms with E-state index in [4.69, 9.17) is 4.74 Å². The first-order valence-corrected chi connectivity index (χ1v) is 13.2. The van der Waals surface area contributed by atoms with Gasteiger partial charge in [-0.1, -0.05) is 52.0 Å². The van der Waals surface area contributed by atoms with Crippen LogP contribution in [0.25, 0.3) is 0 Å². The number of benzene rings is 2. The van der Waals surface area contributed by atoms with Crippen molar-refractivity contribution in [2.75, 3.05) is 7.05 Å². The molecule has 6 rings (SSSR count). The molecule has 2 aliphatic heterocycles. The van der Waals surface area contributed by atoms with Gasteiger partial charge < -0.3 is 20.5 Å². The van der Waals surface area contributed by atoms with Crippen LogP contribution >= 0.6 is 0 Å². The Morgan fingerprint density at radius 2 is 1.83 bits per heavy atom. The number of fused-ring (bicyclic) bond motifs is 3. The summed E-state index contributed by atoms with van der Waals surface area (Å²) >= 11 is 0. The molecule has 0 saturated heterocycles. The quantitative estimate of drug-likeness (QED) is 0.578. The van der Waals surface area contributed by atoms with Gasteiger partial charge in [0.15, 0.2) is 5.78 Å². The summed E-state index contributed by atoms with van der Waals surface area (Å²) in [6.07, 6.45) is 3.45. The maximum Gasteiger partial charge on any atom is 0.252 e. The van der Waals surface area contributed by atoms with Crippen molar-refractivity contribution in [3.8, 4) is 11.5 Å². The van der Waals surface area contributed by atoms with E-state index in [1.165, 1.54) is 0 Å². The first-order valence-electron chi connectivity index (χ1n) is 13.2. The lowest BCUT2D eigenvalue weighted by molar-refractivity contribution is -0.212. The fourth-order valence-electron chi connectivity index (χ4n) is 8.12. The monoisotopic (exact) mass is 488 g/mol. The number of likely N-dealkylation sites (N-methyl/N-ethyl adjacent to an activating group) is 1. The van der Waals surface area contributed by atoms with Crippen LogP contribution in [0.1, 0.15) is 80.0 Å². The van der Waals surface area contributed by atoms with Gasteiger partial charge in [-0.3, -0.25) is 9.59 Å². The fourth-order valence-corrected chi connectivity index (χ4v) is 8.12. The summed E-state index contributed by atoms with van der Waals surface area (Å²) in [5.41, 5.74) is 1.92. The van der Waals surface area contributed by atoms with E-state index in [0.29, 0.717) is 23.5 Å². The van der Waals surface area contributed by atoms with Gasteiger partial charge in [0.25, 0.3) is 5.91 Å². The first kappa shape index (κ1) is 23.5. The molecule has 190 valence electrons. The maximum atomic E-state index is 13.5. The van der Waals surface area contributed by atoms with Gasteiger partial charge in [0.2, 0.25) is 0 Å². The zero-order valence-corrected chi connectivity index (χ0v) is 21.8. The van der Waals surface area contributed by atoms with Crippen molar-refractivity contribution < 1.29 is 19.4 Å². The molecule has 0 radical (unpaired) electrons. The number of hydrogen-bond donors (Lipinski definition) is 3. The highest BCUT2D eigenvalue weighted by Gasteiger charge is 2.69. The molecular weight excluding hydrogens is 452 g/mol. The number of ether oxygens (including phenoxy) is 1. The molecule has 2 heterocycles. The van der Waals surface area contributed by atoms with Crippen molar-refractivity contribution in [3.63, 3.8) is 0 Å². The smallest absolute Gasteiger partial charge is 0.252 e. The van der Waals surface area contributed by atoms with E-state index in [1.807, 2.05) is 31.3 Å². The van der Waals surface area contributed by atoms with Crippen molar-refractivity contribution in [2.24, 2.45) is 22.7 Å². The van der Waals surface area contributed by atoms with Gasteiger partial charge in [0.1, 0.15) is 17.1 Å². The Kier molecular flexibility index (Phi) is 4.95. The fraction of sp³-hybridized carbons (Fsp3) is 0.533. The van der Waals surface area contributed by atoms with Gasteiger partial charge in [0.05, 0.1) is 12.1 Å². The zero-order valence-electron chi connectivity index (χ0n) is 21.8. The molecule has 2 aliphatic carbocycles. The predicted octanol–water partition coefficient (Wildman–Crippen LogP) is 4.54. The van der Waals surface area contributed by atoms with E-state index in [1.54, 1.807) is 12.1 Å². The number of rotatable bonds is 2. The van der Waals surface area contributed by atoms with Crippen LogP contribution in [0.15, 0.2) is 36.4 Å². The van der Waals surface area contributed by atoms with E-state index in [0.717, 1.165) is 36.1 Å². The van der Waals surface area contributed by atoms with Crippen LogP contribution in [-0.2, 0) is 11.2 Å². The minimum absolute atomic E-state index is 0.0703. The molecule has 2 saturated carbocycles. The minimum atomic E-state index is -0.549. The number of Topliss-reactive ketones (excluding diaryl/α,β-unsaturated/α-hetero) is 1. The number of para-hydroxylation sites is 1. The molecule has 36 heavy (non-hydrogen) atoms. The largest absolute Gasteiger partial charge is 0.508 e. The molecule has 6 nitrogen and oxygen atoms in total. The Bertz CT molecular complexity index is 1290. The summed E-state index contributed by atoms with van der Waals surface area (Å²) in [7, 11) is 1.87. The van der Waals surface area contributed by atoms with Crippen LogP contribution in [0.3, 0.4) is 0 Å². The second kappa shape index (κ2) is 7.58. The minimum Gasteiger partial charge on any atom is -0.508 e. The Labute approximate surface area is 212 Å². The molecule has 1 amide bonds. The molecule has 0 unspecified atom stereocenters. The van der Waals surface area contributed by atoms with Gasteiger partial charge in [-0.05, 0) is 49.9 Å². The van der Waals surface area contributed by atoms with Crippen LogP contribution in [0.4, 0.5) is 0 Å². The highest BCUT2D eigenvalue weighted by molar-refractivity contribution is 6.01. The number of phenolic OH excluding ortho intramolecular Hbond substituents is 1. The van der Waals surface area contributed by atoms with Crippen molar-refractivity contribution in [3.05, 3.63) is 58.7 Å². The maximum absolute atomic E-state index is 13.5. The number of phenols is 1. The molecule has 6 atom stereocenters. The molecule has 0 aromatic heterocycles. The van der Waals surface area contributed by atoms with Gasteiger partial charge in [-0.2, -0.15) is 0 Å². The van der Waals surface area contributed by atoms with Gasteiger partial charge in [0, 0.05) is 39.9 Å². The molecule has 3 N–H and O–H groups in total. The molecule has 0 bridgehead atoms. The lowest BCUT2D eigenvalue weighted by atomic mass is 9.43. The summed E-state index contributed by atoms with van der Waals surface area (Å²) < 4.78 is 7.33. The summed E-state index contributed by atoms with van der Waals surface area (Å²) in [6.45, 7) is 8.85. The summed E-state index contributed by atoms with van der Waals surface area (Å²) in [4.78, 5) is 26.6. The molecule has 2 aromatic carbocycles. The second-order valence-electron chi connectivity index (χ2n) is 12.2. The molecule has 1 spiro atoms. The average molecular weight is 489 g/mol. The molecule has 6 heteroatoms. The third kappa shape index (κ3) is 2.82. The van der Waals surface area contributed by atoms with E-state index < -0.39 is 17.1 Å². The first-order chi connectivity index (χ1) is 17.0. The molecule has 2 fully saturated rings. The van der Waals surface area contributed by atoms with E-state index >= 15 is 0 Å². The Hall–Kier alpha value is -2.86. The SMILES string of the molecule is CN[C@@H]1C[C@@]23Oc4c(ccc5c4[C@@H](c4ccccc4O)NC5=O)C[C@]2(C)[C@@H](C)CC[C@H]3C(C)(C)C1=O. The van der Waals surface area contributed by atoms with Crippen LogP contribution in [-0.4, -0.2) is 35.5 Å². The van der Waals surface area contributed by atoms with Gasteiger partial charge in [-0.15, -0.1) is 0 Å². The standard InChI is InChI=1S/C30H36N2O4/c1-16-10-13-22-28(2,3)26(34)20(31-5)15-30(22)29(16,4)14-17-11-12-19-23(25(17)36-30)24(32-27(19)35)18-8-6-7-9-21(18)33/h6-9,11-12,16,20,22,24,31,33H,10,13-15H2,1-5H3,(H,32,35)/t16-,20+,22-,24+,29+,30-/m0/s1. The lowest BCUT2D eigenvalue weighted by Crippen LogP contribution is -2.73. The predicted molar refractivity (Wildman–Crippen MR) is 137 cm³/mol. The number of ketones is 1. The molecule has 2 aromatic rings. The van der Waals surface area contributed by atoms with Crippen molar-refractivity contribution in [1.29, 1.82) is 0 Å². The Balaban J connectivity index is 1.58. The Morgan fingerprint density at radius 1 is 1.08 bits per heavy atom. The Morgan fingerprint density at radius 3 is 2.56 bits per heavy atom. The number of carbonyl (C=O) groups is 2. The van der Waals surface area contributed by atoms with Crippen LogP contribution in [0.2, 0.25) is 0 Å². The van der Waals surface area contributed by atoms with E-state index in [2.05, 4.69) is 38.3 Å². The van der Waals surface area contributed by atoms with Gasteiger partial charge >= 0.3 is 0 Å².